The fraction of sp³-hybridized carbons (Fsp3) is 0.216. The van der Waals surface area contributed by atoms with Gasteiger partial charge in [0.05, 0.1) is 33.0 Å². The summed E-state index contributed by atoms with van der Waals surface area (Å²) >= 11 is 0. The lowest BCUT2D eigenvalue weighted by molar-refractivity contribution is -0.0796. The Bertz CT molecular complexity index is 1930. The van der Waals surface area contributed by atoms with E-state index in [-0.39, 0.29) is 18.8 Å². The van der Waals surface area contributed by atoms with Gasteiger partial charge in [-0.05, 0) is 64.7 Å². The molecule has 1 saturated heterocycles. The van der Waals surface area contributed by atoms with Crippen LogP contribution in [0.1, 0.15) is 39.7 Å². The first kappa shape index (κ1) is 33.0. The van der Waals surface area contributed by atoms with Gasteiger partial charge in [0.25, 0.3) is 5.91 Å². The maximum Gasteiger partial charge on any atom is 0.351 e. The molecule has 0 unspecified atom stereocenters. The molecule has 0 saturated carbocycles. The second-order valence-corrected chi connectivity index (χ2v) is 11.3. The van der Waals surface area contributed by atoms with Gasteiger partial charge in [-0.25, -0.2) is 4.79 Å². The Hall–Kier alpha value is -5.94. The van der Waals surface area contributed by atoms with E-state index in [0.717, 1.165) is 16.7 Å². The molecule has 1 aliphatic heterocycles. The first-order chi connectivity index (χ1) is 23.9. The van der Waals surface area contributed by atoms with E-state index < -0.39 is 35.6 Å². The molecule has 49 heavy (non-hydrogen) atoms. The van der Waals surface area contributed by atoms with Crippen molar-refractivity contribution in [1.82, 2.24) is 9.55 Å². The van der Waals surface area contributed by atoms with E-state index >= 15 is 0 Å². The smallest absolute Gasteiger partial charge is 0.351 e. The van der Waals surface area contributed by atoms with Crippen LogP contribution in [0.15, 0.2) is 131 Å². The number of carbonyl (C=O) groups is 1. The summed E-state index contributed by atoms with van der Waals surface area (Å²) in [5.41, 5.74) is 10.6. The van der Waals surface area contributed by atoms with Crippen LogP contribution in [0.2, 0.25) is 0 Å². The number of rotatable bonds is 12. The van der Waals surface area contributed by atoms with Crippen LogP contribution in [-0.4, -0.2) is 48.4 Å². The maximum absolute atomic E-state index is 13.2. The summed E-state index contributed by atoms with van der Waals surface area (Å²) in [5, 5.41) is 6.66. The van der Waals surface area contributed by atoms with Crippen LogP contribution in [0.25, 0.3) is 10.4 Å². The Morgan fingerprint density at radius 2 is 1.47 bits per heavy atom. The Labute approximate surface area is 282 Å². The zero-order valence-corrected chi connectivity index (χ0v) is 26.9. The monoisotopic (exact) mass is 658 g/mol. The number of nitrogens with one attached hydrogen (secondary N) is 1. The molecule has 6 rings (SSSR count). The molecule has 5 aromatic rings. The molecule has 2 heterocycles. The van der Waals surface area contributed by atoms with Crippen molar-refractivity contribution in [1.29, 1.82) is 0 Å². The highest BCUT2D eigenvalue weighted by Gasteiger charge is 2.42. The lowest BCUT2D eigenvalue weighted by Gasteiger charge is -2.37. The van der Waals surface area contributed by atoms with Crippen molar-refractivity contribution < 1.29 is 23.7 Å². The second-order valence-electron chi connectivity index (χ2n) is 11.3. The number of aromatic nitrogens is 2. The highest BCUT2D eigenvalue weighted by atomic mass is 16.6. The molecule has 0 spiro atoms. The minimum Gasteiger partial charge on any atom is -0.497 e. The number of anilines is 1. The fourth-order valence-electron chi connectivity index (χ4n) is 5.98. The number of nitrogens with zero attached hydrogens (tertiary/aromatic N) is 5. The third-order valence-corrected chi connectivity index (χ3v) is 8.46. The van der Waals surface area contributed by atoms with Gasteiger partial charge in [-0.3, -0.25) is 9.36 Å². The third-order valence-electron chi connectivity index (χ3n) is 8.46. The number of methoxy groups -OCH3 is 2. The van der Waals surface area contributed by atoms with Crippen molar-refractivity contribution in [3.63, 3.8) is 0 Å². The minimum atomic E-state index is -1.13. The van der Waals surface area contributed by atoms with Gasteiger partial charge in [0, 0.05) is 23.1 Å². The Morgan fingerprint density at radius 3 is 2.02 bits per heavy atom. The standard InChI is InChI=1S/C37H34N6O6/c1-46-29-17-13-27(14-18-29)37(26-11-7-4-8-12-26,28-15-19-30(47-2)20-16-28)48-24-32-31(41-42-38)23-34(49-32)43-22-21-33(40-36(43)45)39-35(44)25-9-5-3-6-10-25/h3-22,31-32,34H,23-24H2,1-2H3,(H,39,40,44,45)/t31-,32-,34-/m1/s1. The summed E-state index contributed by atoms with van der Waals surface area (Å²) in [6.07, 6.45) is 0.194. The summed E-state index contributed by atoms with van der Waals surface area (Å²) in [6.45, 7) is 0.000531. The molecule has 1 amide bonds. The fourth-order valence-corrected chi connectivity index (χ4v) is 5.98. The van der Waals surface area contributed by atoms with E-state index in [1.165, 1.54) is 16.8 Å². The molecule has 3 atom stereocenters. The highest BCUT2D eigenvalue weighted by Crippen LogP contribution is 2.43. The van der Waals surface area contributed by atoms with E-state index in [1.54, 1.807) is 44.6 Å². The molecule has 12 nitrogen and oxygen atoms in total. The predicted molar refractivity (Wildman–Crippen MR) is 183 cm³/mol. The SMILES string of the molecule is COc1ccc(C(OC[C@H]2O[C@@H](n3ccc(NC(=O)c4ccccc4)nc3=O)C[C@H]2N=[N+]=[N-])(c2ccccc2)c2ccc(OC)cc2)cc1. The average molecular weight is 659 g/mol. The predicted octanol–water partition coefficient (Wildman–Crippen LogP) is 6.49. The van der Waals surface area contributed by atoms with Crippen molar-refractivity contribution in [3.05, 3.63) is 165 Å². The van der Waals surface area contributed by atoms with Crippen molar-refractivity contribution in [2.75, 3.05) is 26.1 Å². The number of benzene rings is 4. The number of hydrogen-bond acceptors (Lipinski definition) is 8. The van der Waals surface area contributed by atoms with E-state index in [4.69, 9.17) is 18.9 Å². The minimum absolute atomic E-state index is 0.000531. The molecule has 0 bridgehead atoms. The van der Waals surface area contributed by atoms with Crippen LogP contribution in [0, 0.1) is 0 Å². The van der Waals surface area contributed by atoms with Crippen molar-refractivity contribution in [2.24, 2.45) is 5.11 Å². The van der Waals surface area contributed by atoms with Crippen molar-refractivity contribution >= 4 is 11.7 Å². The number of amides is 1. The largest absolute Gasteiger partial charge is 0.497 e. The van der Waals surface area contributed by atoms with Gasteiger partial charge >= 0.3 is 5.69 Å². The van der Waals surface area contributed by atoms with Gasteiger partial charge in [0.1, 0.15) is 29.1 Å². The summed E-state index contributed by atoms with van der Waals surface area (Å²) in [5.74, 6) is 1.09. The van der Waals surface area contributed by atoms with Crippen LogP contribution in [-0.2, 0) is 15.1 Å². The zero-order valence-electron chi connectivity index (χ0n) is 26.9. The zero-order chi connectivity index (χ0) is 34.2. The van der Waals surface area contributed by atoms with Gasteiger partial charge in [-0.1, -0.05) is 77.9 Å². The van der Waals surface area contributed by atoms with Crippen LogP contribution in [0.5, 0.6) is 11.5 Å². The quantitative estimate of drug-likeness (QED) is 0.0697. The van der Waals surface area contributed by atoms with Crippen molar-refractivity contribution in [2.45, 2.75) is 30.4 Å². The second kappa shape index (κ2) is 14.9. The van der Waals surface area contributed by atoms with Crippen LogP contribution >= 0.6 is 0 Å². The number of ether oxygens (including phenoxy) is 4. The summed E-state index contributed by atoms with van der Waals surface area (Å²) < 4.78 is 25.5. The Morgan fingerprint density at radius 1 is 0.898 bits per heavy atom. The van der Waals surface area contributed by atoms with E-state index in [2.05, 4.69) is 20.3 Å². The average Bonchev–Trinajstić information content (AvgIpc) is 3.55. The molecule has 4 aromatic carbocycles. The van der Waals surface area contributed by atoms with Gasteiger partial charge in [0.2, 0.25) is 0 Å². The molecule has 1 N–H and O–H groups in total. The van der Waals surface area contributed by atoms with E-state index in [1.807, 2.05) is 78.9 Å². The lowest BCUT2D eigenvalue weighted by Crippen LogP contribution is -2.37. The number of hydrogen-bond donors (Lipinski definition) is 1. The Balaban J connectivity index is 1.31. The lowest BCUT2D eigenvalue weighted by atomic mass is 9.80. The third kappa shape index (κ3) is 7.02. The highest BCUT2D eigenvalue weighted by molar-refractivity contribution is 6.03. The molecule has 12 heteroatoms. The molecular weight excluding hydrogens is 624 g/mol. The van der Waals surface area contributed by atoms with Crippen molar-refractivity contribution in [3.8, 4) is 11.5 Å². The van der Waals surface area contributed by atoms with Crippen LogP contribution in [0.4, 0.5) is 5.82 Å². The normalized spacial score (nSPS) is 17.1. The molecule has 248 valence electrons. The molecule has 1 aromatic heterocycles. The molecule has 0 radical (unpaired) electrons. The molecular formula is C37H34N6O6. The van der Waals surface area contributed by atoms with E-state index in [0.29, 0.717) is 17.1 Å². The first-order valence-corrected chi connectivity index (χ1v) is 15.6. The first-order valence-electron chi connectivity index (χ1n) is 15.6. The van der Waals surface area contributed by atoms with E-state index in [9.17, 15) is 15.1 Å². The van der Waals surface area contributed by atoms with Gasteiger partial charge in [0.15, 0.2) is 0 Å². The van der Waals surface area contributed by atoms with Gasteiger partial charge in [-0.2, -0.15) is 4.98 Å². The maximum atomic E-state index is 13.2. The number of carbonyl (C=O) groups excluding carboxylic acids is 1. The van der Waals surface area contributed by atoms with Crippen LogP contribution in [0.3, 0.4) is 0 Å². The summed E-state index contributed by atoms with van der Waals surface area (Å²) in [6, 6.07) is 34.6. The summed E-state index contributed by atoms with van der Waals surface area (Å²) in [7, 11) is 3.22. The molecule has 0 aliphatic carbocycles. The van der Waals surface area contributed by atoms with Gasteiger partial charge < -0.3 is 24.3 Å². The Kier molecular flexibility index (Phi) is 10.0. The topological polar surface area (TPSA) is 150 Å². The molecule has 1 aliphatic rings. The summed E-state index contributed by atoms with van der Waals surface area (Å²) in [4.78, 5) is 32.9. The van der Waals surface area contributed by atoms with Crippen LogP contribution < -0.4 is 20.5 Å². The molecule has 1 fully saturated rings. The number of azide groups is 1. The van der Waals surface area contributed by atoms with Gasteiger partial charge in [-0.15, -0.1) is 0 Å².